The van der Waals surface area contributed by atoms with Gasteiger partial charge in [-0.2, -0.15) is 0 Å². The fourth-order valence-electron chi connectivity index (χ4n) is 2.70. The molecule has 0 atom stereocenters. The van der Waals surface area contributed by atoms with E-state index in [2.05, 4.69) is 33.1 Å². The summed E-state index contributed by atoms with van der Waals surface area (Å²) in [6, 6.07) is 15.0. The number of carbonyl (C=O) groups excluding carboxylic acids is 1. The molecule has 3 aromatic rings. The number of nitrogens with one attached hydrogen (secondary N) is 2. The molecule has 0 saturated carbocycles. The minimum atomic E-state index is -0.390. The van der Waals surface area contributed by atoms with E-state index in [9.17, 15) is 4.79 Å². The molecule has 0 saturated heterocycles. The average molecular weight is 458 g/mol. The molecule has 0 fully saturated rings. The first-order chi connectivity index (χ1) is 15.0. The van der Waals surface area contributed by atoms with Crippen LogP contribution in [0.2, 0.25) is 0 Å². The van der Waals surface area contributed by atoms with Gasteiger partial charge in [-0.25, -0.2) is 4.68 Å². The first kappa shape index (κ1) is 22.6. The Morgan fingerprint density at radius 1 is 1.10 bits per heavy atom. The van der Waals surface area contributed by atoms with Crippen molar-refractivity contribution >= 4 is 35.0 Å². The number of rotatable bonds is 8. The van der Waals surface area contributed by atoms with Gasteiger partial charge in [0.15, 0.2) is 10.9 Å². The van der Waals surface area contributed by atoms with Gasteiger partial charge < -0.3 is 9.47 Å². The summed E-state index contributed by atoms with van der Waals surface area (Å²) >= 11 is 6.88. The van der Waals surface area contributed by atoms with Crippen molar-refractivity contribution in [2.75, 3.05) is 19.6 Å². The molecule has 1 amide bonds. The lowest BCUT2D eigenvalue weighted by Crippen LogP contribution is -2.38. The van der Waals surface area contributed by atoms with Crippen molar-refractivity contribution in [3.8, 4) is 11.5 Å². The molecule has 2 aromatic carbocycles. The van der Waals surface area contributed by atoms with Gasteiger partial charge in [-0.05, 0) is 29.9 Å². The molecule has 0 aliphatic carbocycles. The standard InChI is InChI=1S/C21H23N5O3S2/c1-4-18-23-24-21(31-13-14-8-6-5-7-9-14)26(18)25-20(30)22-19(27)15-10-16(28-2)12-17(11-15)29-3/h5-12H,4,13H2,1-3H3,(H2,22,25,27,30). The number of methoxy groups -OCH3 is 2. The first-order valence-electron chi connectivity index (χ1n) is 9.50. The largest absolute Gasteiger partial charge is 0.497 e. The Balaban J connectivity index is 1.70. The monoisotopic (exact) mass is 457 g/mol. The lowest BCUT2D eigenvalue weighted by Gasteiger charge is -2.14. The third-order valence-corrected chi connectivity index (χ3v) is 5.47. The molecule has 2 N–H and O–H groups in total. The van der Waals surface area contributed by atoms with Crippen molar-refractivity contribution in [2.24, 2.45) is 0 Å². The number of thiocarbonyl (C=S) groups is 1. The van der Waals surface area contributed by atoms with Crippen LogP contribution in [0.15, 0.2) is 53.7 Å². The fraction of sp³-hybridized carbons (Fsp3) is 0.238. The number of amides is 1. The Kier molecular flexibility index (Phi) is 7.85. The number of nitrogens with zero attached hydrogens (tertiary/aromatic N) is 3. The Hall–Kier alpha value is -3.11. The summed E-state index contributed by atoms with van der Waals surface area (Å²) in [5, 5.41) is 11.9. The molecule has 8 nitrogen and oxygen atoms in total. The molecular weight excluding hydrogens is 434 g/mol. The van der Waals surface area contributed by atoms with Gasteiger partial charge in [0, 0.05) is 23.8 Å². The minimum absolute atomic E-state index is 0.128. The molecule has 0 bridgehead atoms. The zero-order valence-electron chi connectivity index (χ0n) is 17.4. The maximum atomic E-state index is 12.7. The number of hydrogen-bond acceptors (Lipinski definition) is 7. The van der Waals surface area contributed by atoms with Crippen LogP contribution in [0.3, 0.4) is 0 Å². The van der Waals surface area contributed by atoms with Crippen molar-refractivity contribution in [3.05, 3.63) is 65.5 Å². The Morgan fingerprint density at radius 2 is 1.77 bits per heavy atom. The maximum absolute atomic E-state index is 12.7. The number of aromatic nitrogens is 3. The van der Waals surface area contributed by atoms with E-state index in [0.29, 0.717) is 34.5 Å². The molecule has 1 heterocycles. The number of thioether (sulfide) groups is 1. The van der Waals surface area contributed by atoms with Crippen LogP contribution < -0.4 is 20.2 Å². The molecule has 0 aliphatic rings. The first-order valence-corrected chi connectivity index (χ1v) is 10.9. The smallest absolute Gasteiger partial charge is 0.257 e. The number of ether oxygens (including phenoxy) is 2. The summed E-state index contributed by atoms with van der Waals surface area (Å²) in [5.41, 5.74) is 4.54. The van der Waals surface area contributed by atoms with Gasteiger partial charge in [-0.15, -0.1) is 10.2 Å². The SMILES string of the molecule is CCc1nnc(SCc2ccccc2)n1NC(=S)NC(=O)c1cc(OC)cc(OC)c1. The summed E-state index contributed by atoms with van der Waals surface area (Å²) < 4.78 is 12.1. The summed E-state index contributed by atoms with van der Waals surface area (Å²) in [6.07, 6.45) is 0.648. The van der Waals surface area contributed by atoms with E-state index in [1.165, 1.54) is 31.5 Å². The van der Waals surface area contributed by atoms with Gasteiger partial charge >= 0.3 is 0 Å². The normalized spacial score (nSPS) is 10.4. The summed E-state index contributed by atoms with van der Waals surface area (Å²) in [5.74, 6) is 2.06. The van der Waals surface area contributed by atoms with Crippen LogP contribution in [0, 0.1) is 0 Å². The van der Waals surface area contributed by atoms with Gasteiger partial charge in [0.2, 0.25) is 5.16 Å². The number of aryl methyl sites for hydroxylation is 1. The van der Waals surface area contributed by atoms with Crippen LogP contribution in [0.5, 0.6) is 11.5 Å². The molecular formula is C21H23N5O3S2. The van der Waals surface area contributed by atoms with E-state index in [1.54, 1.807) is 22.9 Å². The van der Waals surface area contributed by atoms with Crippen LogP contribution >= 0.6 is 24.0 Å². The molecule has 0 radical (unpaired) electrons. The lowest BCUT2D eigenvalue weighted by molar-refractivity contribution is 0.0976. The van der Waals surface area contributed by atoms with Gasteiger partial charge in [0.1, 0.15) is 11.5 Å². The predicted molar refractivity (Wildman–Crippen MR) is 124 cm³/mol. The van der Waals surface area contributed by atoms with Crippen molar-refractivity contribution in [1.29, 1.82) is 0 Å². The highest BCUT2D eigenvalue weighted by atomic mass is 32.2. The molecule has 0 unspecified atom stereocenters. The highest BCUT2D eigenvalue weighted by molar-refractivity contribution is 7.98. The number of benzene rings is 2. The quantitative estimate of drug-likeness (QED) is 0.393. The molecule has 0 spiro atoms. The Labute approximate surface area is 190 Å². The van der Waals surface area contributed by atoms with E-state index in [-0.39, 0.29) is 11.0 Å². The average Bonchev–Trinajstić information content (AvgIpc) is 3.19. The summed E-state index contributed by atoms with van der Waals surface area (Å²) in [4.78, 5) is 12.7. The molecule has 3 rings (SSSR count). The topological polar surface area (TPSA) is 90.3 Å². The third-order valence-electron chi connectivity index (χ3n) is 4.28. The lowest BCUT2D eigenvalue weighted by atomic mass is 10.2. The summed E-state index contributed by atoms with van der Waals surface area (Å²) in [6.45, 7) is 1.97. The minimum Gasteiger partial charge on any atom is -0.497 e. The zero-order chi connectivity index (χ0) is 22.2. The van der Waals surface area contributed by atoms with E-state index >= 15 is 0 Å². The van der Waals surface area contributed by atoms with Crippen molar-refractivity contribution in [1.82, 2.24) is 20.2 Å². The van der Waals surface area contributed by atoms with Crippen LogP contribution in [-0.4, -0.2) is 40.1 Å². The van der Waals surface area contributed by atoms with Crippen LogP contribution in [-0.2, 0) is 12.2 Å². The second-order valence-corrected chi connectivity index (χ2v) is 7.71. The maximum Gasteiger partial charge on any atom is 0.257 e. The molecule has 31 heavy (non-hydrogen) atoms. The molecule has 10 heteroatoms. The second kappa shape index (κ2) is 10.8. The zero-order valence-corrected chi connectivity index (χ0v) is 19.0. The molecule has 0 aliphatic heterocycles. The van der Waals surface area contributed by atoms with Gasteiger partial charge in [-0.1, -0.05) is 49.0 Å². The van der Waals surface area contributed by atoms with E-state index < -0.39 is 0 Å². The van der Waals surface area contributed by atoms with Crippen molar-refractivity contribution < 1.29 is 14.3 Å². The third kappa shape index (κ3) is 5.96. The fourth-order valence-corrected chi connectivity index (χ4v) is 3.75. The highest BCUT2D eigenvalue weighted by Crippen LogP contribution is 2.23. The molecule has 1 aromatic heterocycles. The van der Waals surface area contributed by atoms with Gasteiger partial charge in [0.25, 0.3) is 5.91 Å². The van der Waals surface area contributed by atoms with Crippen molar-refractivity contribution in [3.63, 3.8) is 0 Å². The summed E-state index contributed by atoms with van der Waals surface area (Å²) in [7, 11) is 3.05. The van der Waals surface area contributed by atoms with Gasteiger partial charge in [0.05, 0.1) is 14.2 Å². The highest BCUT2D eigenvalue weighted by Gasteiger charge is 2.16. The Morgan fingerprint density at radius 3 is 2.39 bits per heavy atom. The second-order valence-electron chi connectivity index (χ2n) is 6.36. The van der Waals surface area contributed by atoms with Crippen LogP contribution in [0.4, 0.5) is 0 Å². The number of carbonyl (C=O) groups is 1. The van der Waals surface area contributed by atoms with Crippen LogP contribution in [0.25, 0.3) is 0 Å². The van der Waals surface area contributed by atoms with E-state index in [4.69, 9.17) is 21.7 Å². The van der Waals surface area contributed by atoms with E-state index in [1.807, 2.05) is 25.1 Å². The Bertz CT molecular complexity index is 1030. The van der Waals surface area contributed by atoms with Crippen molar-refractivity contribution in [2.45, 2.75) is 24.3 Å². The number of hydrogen-bond donors (Lipinski definition) is 2. The van der Waals surface area contributed by atoms with Crippen LogP contribution in [0.1, 0.15) is 28.7 Å². The molecule has 162 valence electrons. The van der Waals surface area contributed by atoms with E-state index in [0.717, 1.165) is 5.75 Å². The predicted octanol–water partition coefficient (Wildman–Crippen LogP) is 3.41. The van der Waals surface area contributed by atoms with Gasteiger partial charge in [-0.3, -0.25) is 15.5 Å².